The van der Waals surface area contributed by atoms with E-state index in [2.05, 4.69) is 14.7 Å². The first kappa shape index (κ1) is 18.6. The molecule has 0 aliphatic heterocycles. The van der Waals surface area contributed by atoms with Gasteiger partial charge in [0.15, 0.2) is 0 Å². The van der Waals surface area contributed by atoms with Crippen molar-refractivity contribution in [1.29, 1.82) is 0 Å². The van der Waals surface area contributed by atoms with E-state index in [1.54, 1.807) is 6.26 Å². The van der Waals surface area contributed by atoms with Gasteiger partial charge in [-0.05, 0) is 30.5 Å². The average molecular weight is 404 g/mol. The van der Waals surface area contributed by atoms with Gasteiger partial charge in [0.05, 0.1) is 15.8 Å². The van der Waals surface area contributed by atoms with Crippen LogP contribution in [0, 0.1) is 11.6 Å². The fraction of sp³-hybridized carbons (Fsp3) is 0.125. The summed E-state index contributed by atoms with van der Waals surface area (Å²) in [6, 6.07) is 7.14. The van der Waals surface area contributed by atoms with Gasteiger partial charge in [0.2, 0.25) is 5.13 Å². The maximum absolute atomic E-state index is 13.9. The SMILES string of the molecule is CSC(=Nc1nc2ccc(OC(F)(F)F)cc2s1)c1c(F)cccc1F. The van der Waals surface area contributed by atoms with Gasteiger partial charge in [-0.2, -0.15) is 0 Å². The molecule has 0 spiro atoms. The molecule has 0 aliphatic carbocycles. The Hall–Kier alpha value is -2.20. The lowest BCUT2D eigenvalue weighted by atomic mass is 10.2. The highest BCUT2D eigenvalue weighted by molar-refractivity contribution is 8.13. The van der Waals surface area contributed by atoms with Crippen LogP contribution in [0.15, 0.2) is 41.4 Å². The third-order valence-electron chi connectivity index (χ3n) is 3.15. The lowest BCUT2D eigenvalue weighted by molar-refractivity contribution is -0.274. The molecule has 0 atom stereocenters. The van der Waals surface area contributed by atoms with E-state index in [9.17, 15) is 22.0 Å². The van der Waals surface area contributed by atoms with E-state index in [0.29, 0.717) is 10.2 Å². The number of thiazole rings is 1. The topological polar surface area (TPSA) is 34.5 Å². The molecule has 0 amide bonds. The Bertz CT molecular complexity index is 964. The zero-order valence-corrected chi connectivity index (χ0v) is 14.6. The number of hydrogen-bond donors (Lipinski definition) is 0. The molecule has 0 fully saturated rings. The molecule has 0 saturated carbocycles. The number of thioether (sulfide) groups is 1. The number of aromatic nitrogens is 1. The number of alkyl halides is 3. The summed E-state index contributed by atoms with van der Waals surface area (Å²) >= 11 is 2.01. The van der Waals surface area contributed by atoms with Crippen LogP contribution in [0.4, 0.5) is 27.1 Å². The number of benzene rings is 2. The first-order valence-corrected chi connectivity index (χ1v) is 9.04. The van der Waals surface area contributed by atoms with Crippen LogP contribution in [0.5, 0.6) is 5.75 Å². The van der Waals surface area contributed by atoms with Crippen molar-refractivity contribution in [3.05, 3.63) is 53.6 Å². The van der Waals surface area contributed by atoms with Gasteiger partial charge in [0.1, 0.15) is 22.4 Å². The molecule has 3 nitrogen and oxygen atoms in total. The van der Waals surface area contributed by atoms with E-state index in [4.69, 9.17) is 0 Å². The van der Waals surface area contributed by atoms with E-state index < -0.39 is 18.0 Å². The van der Waals surface area contributed by atoms with Crippen molar-refractivity contribution in [2.45, 2.75) is 6.36 Å². The smallest absolute Gasteiger partial charge is 0.406 e. The number of nitrogens with zero attached hydrogens (tertiary/aromatic N) is 2. The van der Waals surface area contributed by atoms with Crippen molar-refractivity contribution in [3.63, 3.8) is 0 Å². The first-order chi connectivity index (χ1) is 12.3. The predicted molar refractivity (Wildman–Crippen MR) is 92.4 cm³/mol. The molecule has 3 rings (SSSR count). The number of rotatable bonds is 3. The van der Waals surface area contributed by atoms with Crippen LogP contribution in [0.1, 0.15) is 5.56 Å². The van der Waals surface area contributed by atoms with Gasteiger partial charge in [-0.25, -0.2) is 18.8 Å². The molecular weight excluding hydrogens is 395 g/mol. The fourth-order valence-electron chi connectivity index (χ4n) is 2.13. The molecule has 1 heterocycles. The van der Waals surface area contributed by atoms with Gasteiger partial charge in [-0.15, -0.1) is 24.9 Å². The Balaban J connectivity index is 2.00. The second kappa shape index (κ2) is 7.20. The summed E-state index contributed by atoms with van der Waals surface area (Å²) in [5, 5.41) is 0.239. The van der Waals surface area contributed by atoms with Crippen molar-refractivity contribution < 1.29 is 26.7 Å². The van der Waals surface area contributed by atoms with Crippen LogP contribution >= 0.6 is 23.1 Å². The molecule has 3 aromatic rings. The maximum Gasteiger partial charge on any atom is 0.573 e. The summed E-state index contributed by atoms with van der Waals surface area (Å²) in [5.74, 6) is -1.91. The number of halogens is 5. The van der Waals surface area contributed by atoms with Crippen molar-refractivity contribution in [3.8, 4) is 5.75 Å². The number of hydrogen-bond acceptors (Lipinski definition) is 5. The van der Waals surface area contributed by atoms with E-state index in [1.807, 2.05) is 0 Å². The van der Waals surface area contributed by atoms with Gasteiger partial charge in [0.25, 0.3) is 0 Å². The Morgan fingerprint density at radius 1 is 1.15 bits per heavy atom. The Labute approximate surface area is 152 Å². The molecule has 0 aliphatic rings. The third-order valence-corrected chi connectivity index (χ3v) is 4.74. The number of aliphatic imine (C=N–C) groups is 1. The minimum absolute atomic E-state index is 0.0754. The molecule has 0 N–H and O–H groups in total. The van der Waals surface area contributed by atoms with Crippen LogP contribution in [0.3, 0.4) is 0 Å². The molecule has 0 saturated heterocycles. The van der Waals surface area contributed by atoms with Crippen molar-refractivity contribution >= 4 is 43.5 Å². The minimum Gasteiger partial charge on any atom is -0.406 e. The lowest BCUT2D eigenvalue weighted by Crippen LogP contribution is -2.16. The third kappa shape index (κ3) is 4.13. The predicted octanol–water partition coefficient (Wildman–Crippen LogP) is 5.91. The van der Waals surface area contributed by atoms with E-state index in [-0.39, 0.29) is 21.5 Å². The molecule has 0 unspecified atom stereocenters. The Morgan fingerprint density at radius 2 is 1.85 bits per heavy atom. The Morgan fingerprint density at radius 3 is 2.46 bits per heavy atom. The monoisotopic (exact) mass is 404 g/mol. The lowest BCUT2D eigenvalue weighted by Gasteiger charge is -2.07. The number of ether oxygens (including phenoxy) is 1. The van der Waals surface area contributed by atoms with Crippen LogP contribution in [-0.4, -0.2) is 22.6 Å². The second-order valence-corrected chi connectivity index (χ2v) is 6.70. The van der Waals surface area contributed by atoms with Gasteiger partial charge >= 0.3 is 6.36 Å². The molecule has 2 aromatic carbocycles. The highest BCUT2D eigenvalue weighted by atomic mass is 32.2. The molecule has 26 heavy (non-hydrogen) atoms. The average Bonchev–Trinajstić information content (AvgIpc) is 2.93. The van der Waals surface area contributed by atoms with Crippen LogP contribution in [-0.2, 0) is 0 Å². The summed E-state index contributed by atoms with van der Waals surface area (Å²) < 4.78 is 69.0. The van der Waals surface area contributed by atoms with Gasteiger partial charge < -0.3 is 4.74 Å². The Kier molecular flexibility index (Phi) is 5.15. The second-order valence-electron chi connectivity index (χ2n) is 4.89. The summed E-state index contributed by atoms with van der Waals surface area (Å²) in [7, 11) is 0. The molecule has 0 bridgehead atoms. The highest BCUT2D eigenvalue weighted by Crippen LogP contribution is 2.34. The molecule has 0 radical (unpaired) electrons. The standard InChI is InChI=1S/C16H9F5N2OS2/c1-25-14(13-9(17)3-2-4-10(13)18)23-15-22-11-6-5-8(7-12(11)26-15)24-16(19,20)21/h2-7H,1H3. The maximum atomic E-state index is 13.9. The van der Waals surface area contributed by atoms with Crippen LogP contribution < -0.4 is 4.74 Å². The van der Waals surface area contributed by atoms with E-state index in [1.165, 1.54) is 18.2 Å². The quantitative estimate of drug-likeness (QED) is 0.309. The highest BCUT2D eigenvalue weighted by Gasteiger charge is 2.31. The first-order valence-electron chi connectivity index (χ1n) is 7.00. The van der Waals surface area contributed by atoms with Gasteiger partial charge in [0, 0.05) is 6.07 Å². The van der Waals surface area contributed by atoms with E-state index >= 15 is 0 Å². The fourth-order valence-corrected chi connectivity index (χ4v) is 3.64. The van der Waals surface area contributed by atoms with Gasteiger partial charge in [-0.1, -0.05) is 17.4 Å². The summed E-state index contributed by atoms with van der Waals surface area (Å²) in [5.41, 5.74) is 0.123. The molecule has 1 aromatic heterocycles. The van der Waals surface area contributed by atoms with Crippen molar-refractivity contribution in [2.24, 2.45) is 4.99 Å². The van der Waals surface area contributed by atoms with Crippen molar-refractivity contribution in [2.75, 3.05) is 6.26 Å². The van der Waals surface area contributed by atoms with E-state index in [0.717, 1.165) is 41.3 Å². The number of fused-ring (bicyclic) bond motifs is 1. The molecule has 10 heteroatoms. The van der Waals surface area contributed by atoms with Gasteiger partial charge in [-0.3, -0.25) is 0 Å². The summed E-state index contributed by atoms with van der Waals surface area (Å²) in [6.07, 6.45) is -3.19. The summed E-state index contributed by atoms with van der Waals surface area (Å²) in [6.45, 7) is 0. The zero-order chi connectivity index (χ0) is 18.9. The zero-order valence-electron chi connectivity index (χ0n) is 13.0. The van der Waals surface area contributed by atoms with Crippen LogP contribution in [0.25, 0.3) is 10.2 Å². The largest absolute Gasteiger partial charge is 0.573 e. The molecule has 136 valence electrons. The van der Waals surface area contributed by atoms with Crippen LogP contribution in [0.2, 0.25) is 0 Å². The summed E-state index contributed by atoms with van der Waals surface area (Å²) in [4.78, 5) is 8.31. The van der Waals surface area contributed by atoms with Crippen molar-refractivity contribution in [1.82, 2.24) is 4.98 Å². The molecular formula is C16H9F5N2OS2. The normalized spacial score (nSPS) is 12.6. The minimum atomic E-state index is -4.80.